The zero-order valence-electron chi connectivity index (χ0n) is 12.3. The van der Waals surface area contributed by atoms with Crippen molar-refractivity contribution in [1.29, 1.82) is 0 Å². The zero-order chi connectivity index (χ0) is 14.3. The van der Waals surface area contributed by atoms with Crippen LogP contribution in [0.15, 0.2) is 0 Å². The Morgan fingerprint density at radius 2 is 1.74 bits per heavy atom. The fraction of sp³-hybridized carbons (Fsp3) is 0.857. The van der Waals surface area contributed by atoms with Crippen LogP contribution in [0, 0.1) is 0 Å². The molecule has 0 saturated heterocycles. The van der Waals surface area contributed by atoms with Gasteiger partial charge in [-0.1, -0.05) is 0 Å². The number of carbonyl (C=O) groups is 2. The van der Waals surface area contributed by atoms with E-state index in [0.717, 1.165) is 12.8 Å². The summed E-state index contributed by atoms with van der Waals surface area (Å²) in [6.45, 7) is 7.47. The van der Waals surface area contributed by atoms with Gasteiger partial charge in [-0.15, -0.1) is 0 Å². The summed E-state index contributed by atoms with van der Waals surface area (Å²) in [5.74, 6) is 0.144. The molecule has 0 unspecified atom stereocenters. The summed E-state index contributed by atoms with van der Waals surface area (Å²) in [6.07, 6.45) is 3.91. The summed E-state index contributed by atoms with van der Waals surface area (Å²) in [7, 11) is 0. The molecule has 0 radical (unpaired) electrons. The minimum Gasteiger partial charge on any atom is -0.356 e. The second-order valence-electron chi connectivity index (χ2n) is 6.22. The Kier molecular flexibility index (Phi) is 6.28. The van der Waals surface area contributed by atoms with Gasteiger partial charge in [0, 0.05) is 37.5 Å². The van der Waals surface area contributed by atoms with Gasteiger partial charge >= 0.3 is 0 Å². The van der Waals surface area contributed by atoms with Crippen LogP contribution >= 0.6 is 0 Å². The van der Waals surface area contributed by atoms with Gasteiger partial charge in [0.1, 0.15) is 0 Å². The highest BCUT2D eigenvalue weighted by atomic mass is 16.2. The molecule has 1 aliphatic carbocycles. The Morgan fingerprint density at radius 3 is 2.32 bits per heavy atom. The van der Waals surface area contributed by atoms with E-state index in [-0.39, 0.29) is 17.4 Å². The minimum atomic E-state index is 0.0411. The molecule has 0 spiro atoms. The average Bonchev–Trinajstić information content (AvgIpc) is 3.06. The van der Waals surface area contributed by atoms with Crippen LogP contribution in [0.4, 0.5) is 0 Å². The zero-order valence-corrected chi connectivity index (χ0v) is 12.3. The van der Waals surface area contributed by atoms with Gasteiger partial charge in [-0.2, -0.15) is 0 Å². The van der Waals surface area contributed by atoms with Crippen molar-refractivity contribution in [3.8, 4) is 0 Å². The maximum absolute atomic E-state index is 11.5. The largest absolute Gasteiger partial charge is 0.356 e. The molecule has 1 rings (SSSR count). The lowest BCUT2D eigenvalue weighted by Crippen LogP contribution is -2.38. The first kappa shape index (κ1) is 16.0. The fourth-order valence-electron chi connectivity index (χ4n) is 1.64. The summed E-state index contributed by atoms with van der Waals surface area (Å²) >= 11 is 0. The van der Waals surface area contributed by atoms with Gasteiger partial charge < -0.3 is 16.0 Å². The third-order valence-electron chi connectivity index (χ3n) is 2.85. The van der Waals surface area contributed by atoms with Crippen molar-refractivity contribution in [3.05, 3.63) is 0 Å². The number of amides is 2. The lowest BCUT2D eigenvalue weighted by atomic mass is 10.1. The first-order valence-corrected chi connectivity index (χ1v) is 7.18. The second kappa shape index (κ2) is 7.48. The average molecular weight is 269 g/mol. The molecular weight excluding hydrogens is 242 g/mol. The van der Waals surface area contributed by atoms with Crippen LogP contribution in [0.25, 0.3) is 0 Å². The van der Waals surface area contributed by atoms with Crippen LogP contribution in [0.5, 0.6) is 0 Å². The van der Waals surface area contributed by atoms with Gasteiger partial charge in [0.15, 0.2) is 0 Å². The molecule has 5 heteroatoms. The highest BCUT2D eigenvalue weighted by Crippen LogP contribution is 2.18. The maximum Gasteiger partial charge on any atom is 0.221 e. The van der Waals surface area contributed by atoms with E-state index < -0.39 is 0 Å². The Labute approximate surface area is 115 Å². The van der Waals surface area contributed by atoms with Crippen molar-refractivity contribution < 1.29 is 9.59 Å². The van der Waals surface area contributed by atoms with Crippen LogP contribution in [-0.2, 0) is 9.59 Å². The lowest BCUT2D eigenvalue weighted by Gasteiger charge is -2.20. The first-order chi connectivity index (χ1) is 8.87. The Bertz CT molecular complexity index is 306. The fourth-order valence-corrected chi connectivity index (χ4v) is 1.64. The third kappa shape index (κ3) is 9.47. The summed E-state index contributed by atoms with van der Waals surface area (Å²) in [4.78, 5) is 22.9. The smallest absolute Gasteiger partial charge is 0.221 e. The highest BCUT2D eigenvalue weighted by Gasteiger charge is 2.22. The van der Waals surface area contributed by atoms with E-state index in [4.69, 9.17) is 0 Å². The number of nitrogens with one attached hydrogen (secondary N) is 3. The minimum absolute atomic E-state index is 0.0411. The van der Waals surface area contributed by atoms with Crippen LogP contribution < -0.4 is 16.0 Å². The molecule has 0 atom stereocenters. The molecule has 1 fully saturated rings. The van der Waals surface area contributed by atoms with Crippen molar-refractivity contribution in [2.75, 3.05) is 13.1 Å². The number of rotatable bonds is 8. The third-order valence-corrected chi connectivity index (χ3v) is 2.85. The monoisotopic (exact) mass is 269 g/mol. The number of hydrogen-bond donors (Lipinski definition) is 3. The van der Waals surface area contributed by atoms with Crippen molar-refractivity contribution in [3.63, 3.8) is 0 Å². The molecule has 0 aliphatic heterocycles. The van der Waals surface area contributed by atoms with Crippen molar-refractivity contribution >= 4 is 11.8 Å². The molecule has 1 aliphatic rings. The Morgan fingerprint density at radius 1 is 1.05 bits per heavy atom. The molecule has 0 aromatic rings. The summed E-state index contributed by atoms with van der Waals surface area (Å²) in [6, 6.07) is 0.422. The lowest BCUT2D eigenvalue weighted by molar-refractivity contribution is -0.123. The van der Waals surface area contributed by atoms with E-state index in [1.54, 1.807) is 0 Å². The summed E-state index contributed by atoms with van der Waals surface area (Å²) < 4.78 is 0. The number of carbonyl (C=O) groups excluding carboxylic acids is 2. The van der Waals surface area contributed by atoms with Crippen LogP contribution in [0.1, 0.15) is 52.9 Å². The van der Waals surface area contributed by atoms with Gasteiger partial charge in [-0.05, 0) is 40.0 Å². The molecule has 2 amide bonds. The predicted molar refractivity (Wildman–Crippen MR) is 75.8 cm³/mol. The molecule has 0 heterocycles. The predicted octanol–water partition coefficient (Wildman–Crippen LogP) is 0.940. The quantitative estimate of drug-likeness (QED) is 0.574. The maximum atomic E-state index is 11.5. The molecule has 5 nitrogen and oxygen atoms in total. The summed E-state index contributed by atoms with van der Waals surface area (Å²) in [5, 5.41) is 9.03. The molecule has 0 aromatic carbocycles. The van der Waals surface area contributed by atoms with E-state index in [1.807, 2.05) is 0 Å². The van der Waals surface area contributed by atoms with Crippen LogP contribution in [0.3, 0.4) is 0 Å². The molecule has 1 saturated carbocycles. The highest BCUT2D eigenvalue weighted by molar-refractivity contribution is 5.77. The van der Waals surface area contributed by atoms with Gasteiger partial charge in [0.2, 0.25) is 11.8 Å². The van der Waals surface area contributed by atoms with E-state index >= 15 is 0 Å². The van der Waals surface area contributed by atoms with Gasteiger partial charge in [-0.25, -0.2) is 0 Å². The topological polar surface area (TPSA) is 70.2 Å². The van der Waals surface area contributed by atoms with Crippen molar-refractivity contribution in [1.82, 2.24) is 16.0 Å². The Hall–Kier alpha value is -1.10. The summed E-state index contributed by atoms with van der Waals surface area (Å²) in [5.41, 5.74) is 0.0428. The van der Waals surface area contributed by atoms with E-state index in [0.29, 0.717) is 38.4 Å². The van der Waals surface area contributed by atoms with Crippen molar-refractivity contribution in [2.45, 2.75) is 64.5 Å². The molecule has 3 N–H and O–H groups in total. The number of hydrogen-bond acceptors (Lipinski definition) is 3. The molecular formula is C14H27N3O2. The van der Waals surface area contributed by atoms with Crippen molar-refractivity contribution in [2.24, 2.45) is 0 Å². The normalized spacial score (nSPS) is 15.1. The van der Waals surface area contributed by atoms with Crippen LogP contribution in [0.2, 0.25) is 0 Å². The second-order valence-corrected chi connectivity index (χ2v) is 6.22. The SMILES string of the molecule is CC(C)(C)NCCC(=O)NCCCC(=O)NC1CC1. The van der Waals surface area contributed by atoms with Crippen LogP contribution in [-0.4, -0.2) is 36.5 Å². The van der Waals surface area contributed by atoms with E-state index in [2.05, 4.69) is 36.7 Å². The Balaban J connectivity index is 1.93. The van der Waals surface area contributed by atoms with Gasteiger partial charge in [0.25, 0.3) is 0 Å². The molecule has 0 bridgehead atoms. The van der Waals surface area contributed by atoms with E-state index in [9.17, 15) is 9.59 Å². The van der Waals surface area contributed by atoms with E-state index in [1.165, 1.54) is 0 Å². The molecule has 19 heavy (non-hydrogen) atoms. The van der Waals surface area contributed by atoms with Gasteiger partial charge in [-0.3, -0.25) is 9.59 Å². The molecule has 110 valence electrons. The van der Waals surface area contributed by atoms with Gasteiger partial charge in [0.05, 0.1) is 0 Å². The molecule has 0 aromatic heterocycles. The first-order valence-electron chi connectivity index (χ1n) is 7.18. The standard InChI is InChI=1S/C14H27N3O2/c1-14(2,3)16-10-8-12(18)15-9-4-5-13(19)17-11-6-7-11/h11,16H,4-10H2,1-3H3,(H,15,18)(H,17,19).